The Morgan fingerprint density at radius 2 is 2.00 bits per heavy atom. The lowest BCUT2D eigenvalue weighted by molar-refractivity contribution is -0.433. The number of nitrogens with zero attached hydrogens (tertiary/aromatic N) is 2. The molecule has 1 aliphatic carbocycles. The van der Waals surface area contributed by atoms with Gasteiger partial charge in [-0.15, -0.1) is 0 Å². The van der Waals surface area contributed by atoms with Crippen LogP contribution >= 0.6 is 11.8 Å². The normalized spacial score (nSPS) is 19.5. The van der Waals surface area contributed by atoms with Crippen molar-refractivity contribution in [3.05, 3.63) is 28.2 Å². The van der Waals surface area contributed by atoms with Crippen LogP contribution in [0.25, 0.3) is 5.43 Å². The molecule has 0 atom stereocenters. The predicted octanol–water partition coefficient (Wildman–Crippen LogP) is 3.28. The highest BCUT2D eigenvalue weighted by Gasteiger charge is 2.08. The molecule has 0 saturated heterocycles. The maximum Gasteiger partial charge on any atom is 0.198 e. The van der Waals surface area contributed by atoms with Gasteiger partial charge in [0.25, 0.3) is 0 Å². The topological polar surface area (TPSA) is 17.1 Å². The average molecular weight is 196 g/mol. The fourth-order valence-corrected chi connectivity index (χ4v) is 1.94. The SMILES string of the molecule is CC.C[N+]1=CSC2=CCCC=C2[N-]1. The molecule has 1 aliphatic heterocycles. The van der Waals surface area contributed by atoms with Crippen molar-refractivity contribution in [2.45, 2.75) is 26.7 Å². The minimum absolute atomic E-state index is 1.14. The standard InChI is InChI=1S/C8H10N2S.C2H6/c1-10-6-11-8-5-3-2-4-7(8)9-10;1-2/h4-6H,2-3H2,1H3;1-2H3. The van der Waals surface area contributed by atoms with Gasteiger partial charge in [-0.3, -0.25) is 4.68 Å². The summed E-state index contributed by atoms with van der Waals surface area (Å²) < 4.78 is 1.86. The second kappa shape index (κ2) is 5.12. The molecule has 0 radical (unpaired) electrons. The van der Waals surface area contributed by atoms with Crippen molar-refractivity contribution in [2.24, 2.45) is 0 Å². The quantitative estimate of drug-likeness (QED) is 0.543. The molecule has 1 heterocycles. The van der Waals surface area contributed by atoms with Gasteiger partial charge in [-0.2, -0.15) is 0 Å². The summed E-state index contributed by atoms with van der Waals surface area (Å²) in [5.74, 6) is 0. The molecule has 3 heteroatoms. The number of allylic oxidation sites excluding steroid dienone is 2. The summed E-state index contributed by atoms with van der Waals surface area (Å²) in [6, 6.07) is 0. The molecule has 0 bridgehead atoms. The lowest BCUT2D eigenvalue weighted by atomic mass is 10.1. The molecule has 0 aromatic rings. The van der Waals surface area contributed by atoms with Crippen molar-refractivity contribution < 1.29 is 4.68 Å². The second-order valence-electron chi connectivity index (χ2n) is 2.63. The molecular weight excluding hydrogens is 180 g/mol. The van der Waals surface area contributed by atoms with Crippen LogP contribution in [0.15, 0.2) is 22.8 Å². The zero-order valence-electron chi connectivity index (χ0n) is 8.45. The third-order valence-electron chi connectivity index (χ3n) is 1.68. The highest BCUT2D eigenvalue weighted by atomic mass is 32.2. The van der Waals surface area contributed by atoms with E-state index < -0.39 is 0 Å². The van der Waals surface area contributed by atoms with Crippen LogP contribution < -0.4 is 0 Å². The molecule has 2 nitrogen and oxygen atoms in total. The monoisotopic (exact) mass is 196 g/mol. The lowest BCUT2D eigenvalue weighted by Gasteiger charge is -2.27. The Hall–Kier alpha value is -0.700. The van der Waals surface area contributed by atoms with E-state index in [1.165, 1.54) is 11.3 Å². The van der Waals surface area contributed by atoms with Gasteiger partial charge in [-0.1, -0.05) is 31.7 Å². The summed E-state index contributed by atoms with van der Waals surface area (Å²) in [6.07, 6.45) is 6.76. The van der Waals surface area contributed by atoms with Crippen LogP contribution in [-0.4, -0.2) is 17.3 Å². The molecule has 0 spiro atoms. The van der Waals surface area contributed by atoms with Gasteiger partial charge in [0.05, 0.1) is 0 Å². The van der Waals surface area contributed by atoms with Gasteiger partial charge in [-0.25, -0.2) is 0 Å². The van der Waals surface area contributed by atoms with Crippen LogP contribution in [0.5, 0.6) is 0 Å². The number of fused-ring (bicyclic) bond motifs is 1. The summed E-state index contributed by atoms with van der Waals surface area (Å²) in [7, 11) is 1.96. The summed E-state index contributed by atoms with van der Waals surface area (Å²) in [5.41, 5.74) is 7.52. The summed E-state index contributed by atoms with van der Waals surface area (Å²) in [5, 5.41) is 0. The first kappa shape index (κ1) is 10.4. The van der Waals surface area contributed by atoms with Crippen LogP contribution in [0.4, 0.5) is 0 Å². The Kier molecular flexibility index (Phi) is 4.09. The van der Waals surface area contributed by atoms with Crippen molar-refractivity contribution in [1.29, 1.82) is 0 Å². The largest absolute Gasteiger partial charge is 0.410 e. The average Bonchev–Trinajstić information content (AvgIpc) is 2.21. The highest BCUT2D eigenvalue weighted by Crippen LogP contribution is 2.33. The molecule has 72 valence electrons. The first-order chi connectivity index (χ1) is 6.36. The van der Waals surface area contributed by atoms with Crippen molar-refractivity contribution >= 4 is 17.3 Å². The molecule has 0 unspecified atom stereocenters. The van der Waals surface area contributed by atoms with E-state index in [0.29, 0.717) is 0 Å². The Bertz CT molecular complexity index is 264. The number of thioether (sulfide) groups is 1. The van der Waals surface area contributed by atoms with Crippen molar-refractivity contribution in [3.8, 4) is 0 Å². The molecule has 0 saturated carbocycles. The highest BCUT2D eigenvalue weighted by molar-refractivity contribution is 8.15. The number of rotatable bonds is 0. The Morgan fingerprint density at radius 3 is 2.77 bits per heavy atom. The molecule has 2 rings (SSSR count). The molecule has 0 fully saturated rings. The third-order valence-corrected chi connectivity index (χ3v) is 2.72. The summed E-state index contributed by atoms with van der Waals surface area (Å²) in [6.45, 7) is 4.00. The van der Waals surface area contributed by atoms with E-state index in [4.69, 9.17) is 0 Å². The van der Waals surface area contributed by atoms with Gasteiger partial charge < -0.3 is 5.43 Å². The van der Waals surface area contributed by atoms with E-state index in [0.717, 1.165) is 12.1 Å². The second-order valence-corrected chi connectivity index (χ2v) is 3.52. The van der Waals surface area contributed by atoms with E-state index >= 15 is 0 Å². The maximum absolute atomic E-state index is 4.35. The van der Waals surface area contributed by atoms with E-state index in [9.17, 15) is 0 Å². The first-order valence-electron chi connectivity index (χ1n) is 4.71. The maximum atomic E-state index is 4.35. The zero-order chi connectivity index (χ0) is 9.68. The van der Waals surface area contributed by atoms with Crippen molar-refractivity contribution in [1.82, 2.24) is 0 Å². The minimum Gasteiger partial charge on any atom is -0.410 e. The van der Waals surface area contributed by atoms with Gasteiger partial charge in [0.15, 0.2) is 5.55 Å². The van der Waals surface area contributed by atoms with Gasteiger partial charge in [0.2, 0.25) is 0 Å². The summed E-state index contributed by atoms with van der Waals surface area (Å²) in [4.78, 5) is 1.31. The molecule has 0 aromatic carbocycles. The molecule has 0 N–H and O–H groups in total. The Labute approximate surface area is 84.4 Å². The molecular formula is C10H16N2S. The smallest absolute Gasteiger partial charge is 0.198 e. The third kappa shape index (κ3) is 2.62. The van der Waals surface area contributed by atoms with E-state index in [-0.39, 0.29) is 0 Å². The van der Waals surface area contributed by atoms with Gasteiger partial charge >= 0.3 is 0 Å². The fourth-order valence-electron chi connectivity index (χ4n) is 1.16. The molecule has 0 aromatic heterocycles. The fraction of sp³-hybridized carbons (Fsp3) is 0.500. The zero-order valence-corrected chi connectivity index (χ0v) is 9.27. The van der Waals surface area contributed by atoms with Crippen LogP contribution in [0.3, 0.4) is 0 Å². The van der Waals surface area contributed by atoms with E-state index in [1.807, 2.05) is 31.1 Å². The Balaban J connectivity index is 0.000000396. The van der Waals surface area contributed by atoms with Crippen LogP contribution in [0.2, 0.25) is 0 Å². The van der Waals surface area contributed by atoms with Crippen molar-refractivity contribution in [3.63, 3.8) is 0 Å². The molecule has 2 aliphatic rings. The van der Waals surface area contributed by atoms with Crippen LogP contribution in [-0.2, 0) is 0 Å². The van der Waals surface area contributed by atoms with E-state index in [2.05, 4.69) is 17.6 Å². The Morgan fingerprint density at radius 1 is 1.31 bits per heavy atom. The lowest BCUT2D eigenvalue weighted by Crippen LogP contribution is -2.07. The van der Waals surface area contributed by atoms with Gasteiger partial charge in [0.1, 0.15) is 7.05 Å². The van der Waals surface area contributed by atoms with Crippen LogP contribution in [0.1, 0.15) is 26.7 Å². The number of hydrogen-bond donors (Lipinski definition) is 0. The number of hydrogen-bond acceptors (Lipinski definition) is 1. The first-order valence-corrected chi connectivity index (χ1v) is 5.59. The summed E-state index contributed by atoms with van der Waals surface area (Å²) >= 11 is 1.76. The van der Waals surface area contributed by atoms with Crippen LogP contribution in [0, 0.1) is 0 Å². The predicted molar refractivity (Wildman–Crippen MR) is 59.9 cm³/mol. The minimum atomic E-state index is 1.14. The van der Waals surface area contributed by atoms with E-state index in [1.54, 1.807) is 11.8 Å². The van der Waals surface area contributed by atoms with Crippen molar-refractivity contribution in [2.75, 3.05) is 7.05 Å². The molecule has 13 heavy (non-hydrogen) atoms. The van der Waals surface area contributed by atoms with Gasteiger partial charge in [0, 0.05) is 4.91 Å². The molecule has 0 amide bonds. The van der Waals surface area contributed by atoms with Gasteiger partial charge in [-0.05, 0) is 24.6 Å².